The number of alkyl carbamates (subject to hydrolysis) is 1. The van der Waals surface area contributed by atoms with Gasteiger partial charge in [-0.2, -0.15) is 0 Å². The van der Waals surface area contributed by atoms with Crippen LogP contribution in [-0.2, 0) is 9.53 Å². The molecule has 8 nitrogen and oxygen atoms in total. The summed E-state index contributed by atoms with van der Waals surface area (Å²) in [6.45, 7) is 8.86. The standard InChI is InChI=1S/C26H37N5O3S/c1-18-17-27-23(35-18)29-21-10-8-9-20(28-21)19-11-15-31(16-12-19)22(32)26(13-6-5-7-14-26)30-24(33)34-25(2,3)4/h8-10,17,19H,5-7,11-16H2,1-4H3,(H,30,33)(H,27,28,29). The van der Waals surface area contributed by atoms with E-state index >= 15 is 0 Å². The van der Waals surface area contributed by atoms with E-state index in [1.807, 2.05) is 50.9 Å². The number of thiazole rings is 1. The molecular formula is C26H37N5O3S. The molecule has 9 heteroatoms. The zero-order valence-electron chi connectivity index (χ0n) is 21.2. The van der Waals surface area contributed by atoms with Crippen molar-refractivity contribution in [3.8, 4) is 0 Å². The Balaban J connectivity index is 1.39. The molecule has 0 atom stereocenters. The van der Waals surface area contributed by atoms with Crippen molar-refractivity contribution in [2.24, 2.45) is 0 Å². The Morgan fingerprint density at radius 1 is 1.14 bits per heavy atom. The number of hydrogen-bond acceptors (Lipinski definition) is 7. The van der Waals surface area contributed by atoms with Crippen LogP contribution in [0.2, 0.25) is 0 Å². The second-order valence-electron chi connectivity index (χ2n) is 10.7. The molecule has 0 radical (unpaired) electrons. The second kappa shape index (κ2) is 10.5. The van der Waals surface area contributed by atoms with E-state index < -0.39 is 17.2 Å². The van der Waals surface area contributed by atoms with Gasteiger partial charge in [0.2, 0.25) is 5.91 Å². The zero-order valence-corrected chi connectivity index (χ0v) is 22.0. The Morgan fingerprint density at radius 2 is 1.86 bits per heavy atom. The third-order valence-corrected chi connectivity index (χ3v) is 7.51. The van der Waals surface area contributed by atoms with E-state index in [1.165, 1.54) is 0 Å². The smallest absolute Gasteiger partial charge is 0.408 e. The lowest BCUT2D eigenvalue weighted by Crippen LogP contribution is -2.62. The van der Waals surface area contributed by atoms with Gasteiger partial charge in [-0.1, -0.05) is 25.3 Å². The van der Waals surface area contributed by atoms with Crippen molar-refractivity contribution in [2.45, 2.75) is 89.7 Å². The highest BCUT2D eigenvalue weighted by Gasteiger charge is 2.45. The van der Waals surface area contributed by atoms with Crippen molar-refractivity contribution in [1.29, 1.82) is 0 Å². The number of rotatable bonds is 5. The SMILES string of the molecule is Cc1cnc(Nc2cccc(C3CCN(C(=O)C4(NC(=O)OC(C)(C)C)CCCCC4)CC3)n2)s1. The van der Waals surface area contributed by atoms with Gasteiger partial charge >= 0.3 is 6.09 Å². The highest BCUT2D eigenvalue weighted by molar-refractivity contribution is 7.15. The van der Waals surface area contributed by atoms with Crippen molar-refractivity contribution in [2.75, 3.05) is 18.4 Å². The number of likely N-dealkylation sites (tertiary alicyclic amines) is 1. The molecule has 2 aliphatic rings. The van der Waals surface area contributed by atoms with E-state index in [-0.39, 0.29) is 5.91 Å². The predicted octanol–water partition coefficient (Wildman–Crippen LogP) is 5.52. The molecule has 0 aromatic carbocycles. The Labute approximate surface area is 211 Å². The van der Waals surface area contributed by atoms with Gasteiger partial charge in [0.25, 0.3) is 0 Å². The van der Waals surface area contributed by atoms with Crippen molar-refractivity contribution in [1.82, 2.24) is 20.2 Å². The lowest BCUT2D eigenvalue weighted by atomic mass is 9.80. The molecule has 190 valence electrons. The van der Waals surface area contributed by atoms with Crippen LogP contribution >= 0.6 is 11.3 Å². The zero-order chi connectivity index (χ0) is 25.1. The number of pyridine rings is 1. The predicted molar refractivity (Wildman–Crippen MR) is 138 cm³/mol. The Bertz CT molecular complexity index is 1030. The molecule has 0 unspecified atom stereocenters. The van der Waals surface area contributed by atoms with Gasteiger partial charge in [-0.05, 0) is 65.5 Å². The number of anilines is 2. The average Bonchev–Trinajstić information content (AvgIpc) is 3.22. The summed E-state index contributed by atoms with van der Waals surface area (Å²) in [7, 11) is 0. The number of carbonyl (C=O) groups excluding carboxylic acids is 2. The molecule has 3 heterocycles. The van der Waals surface area contributed by atoms with Crippen LogP contribution in [-0.4, -0.2) is 51.1 Å². The minimum atomic E-state index is -0.860. The summed E-state index contributed by atoms with van der Waals surface area (Å²) < 4.78 is 5.49. The topological polar surface area (TPSA) is 96.5 Å². The summed E-state index contributed by atoms with van der Waals surface area (Å²) in [6, 6.07) is 6.03. The Morgan fingerprint density at radius 3 is 2.49 bits per heavy atom. The molecule has 2 aromatic heterocycles. The summed E-state index contributed by atoms with van der Waals surface area (Å²) in [5.41, 5.74) is -0.424. The molecular weight excluding hydrogens is 462 g/mol. The van der Waals surface area contributed by atoms with E-state index in [0.29, 0.717) is 31.8 Å². The molecule has 0 bridgehead atoms. The van der Waals surface area contributed by atoms with Crippen LogP contribution in [0.25, 0.3) is 0 Å². The normalized spacial score (nSPS) is 18.7. The van der Waals surface area contributed by atoms with Gasteiger partial charge in [0.1, 0.15) is 17.0 Å². The molecule has 1 aliphatic carbocycles. The first-order valence-electron chi connectivity index (χ1n) is 12.6. The van der Waals surface area contributed by atoms with Crippen LogP contribution in [0.3, 0.4) is 0 Å². The minimum absolute atomic E-state index is 0.0315. The molecule has 1 saturated heterocycles. The summed E-state index contributed by atoms with van der Waals surface area (Å²) in [6.07, 6.45) is 7.31. The fraction of sp³-hybridized carbons (Fsp3) is 0.615. The number of aromatic nitrogens is 2. The number of hydrogen-bond donors (Lipinski definition) is 2. The minimum Gasteiger partial charge on any atom is -0.444 e. The maximum atomic E-state index is 13.7. The van der Waals surface area contributed by atoms with Crippen LogP contribution in [0.15, 0.2) is 24.4 Å². The third kappa shape index (κ3) is 6.51. The van der Waals surface area contributed by atoms with Gasteiger partial charge in [-0.3, -0.25) is 4.79 Å². The molecule has 1 aliphatic heterocycles. The Hall–Kier alpha value is -2.68. The van der Waals surface area contributed by atoms with E-state index in [1.54, 1.807) is 11.3 Å². The molecule has 1 saturated carbocycles. The Kier molecular flexibility index (Phi) is 7.64. The van der Waals surface area contributed by atoms with Crippen LogP contribution < -0.4 is 10.6 Å². The molecule has 2 fully saturated rings. The largest absolute Gasteiger partial charge is 0.444 e. The van der Waals surface area contributed by atoms with Crippen molar-refractivity contribution >= 4 is 34.3 Å². The fourth-order valence-corrected chi connectivity index (χ4v) is 5.67. The van der Waals surface area contributed by atoms with E-state index in [0.717, 1.165) is 53.6 Å². The maximum Gasteiger partial charge on any atom is 0.408 e. The van der Waals surface area contributed by atoms with Crippen molar-refractivity contribution < 1.29 is 14.3 Å². The van der Waals surface area contributed by atoms with E-state index in [9.17, 15) is 9.59 Å². The average molecular weight is 500 g/mol. The number of aryl methyl sites for hydroxylation is 1. The van der Waals surface area contributed by atoms with Crippen LogP contribution in [0.1, 0.15) is 82.2 Å². The highest BCUT2D eigenvalue weighted by Crippen LogP contribution is 2.34. The van der Waals surface area contributed by atoms with Crippen molar-refractivity contribution in [3.63, 3.8) is 0 Å². The fourth-order valence-electron chi connectivity index (χ4n) is 5.00. The van der Waals surface area contributed by atoms with Gasteiger partial charge in [0.15, 0.2) is 5.13 Å². The number of nitrogens with zero attached hydrogens (tertiary/aromatic N) is 3. The first-order valence-corrected chi connectivity index (χ1v) is 13.4. The third-order valence-electron chi connectivity index (χ3n) is 6.68. The van der Waals surface area contributed by atoms with Crippen LogP contribution in [0, 0.1) is 6.92 Å². The van der Waals surface area contributed by atoms with Gasteiger partial charge in [-0.25, -0.2) is 14.8 Å². The van der Waals surface area contributed by atoms with E-state index in [2.05, 4.69) is 21.7 Å². The van der Waals surface area contributed by atoms with Gasteiger partial charge < -0.3 is 20.3 Å². The van der Waals surface area contributed by atoms with Crippen LogP contribution in [0.5, 0.6) is 0 Å². The first-order chi connectivity index (χ1) is 16.6. The molecule has 2 amide bonds. The number of ether oxygens (including phenoxy) is 1. The molecule has 0 spiro atoms. The second-order valence-corrected chi connectivity index (χ2v) is 11.9. The summed E-state index contributed by atoms with van der Waals surface area (Å²) in [4.78, 5) is 38.6. The molecule has 35 heavy (non-hydrogen) atoms. The first kappa shape index (κ1) is 25.4. The molecule has 2 N–H and O–H groups in total. The quantitative estimate of drug-likeness (QED) is 0.562. The number of carbonyl (C=O) groups is 2. The van der Waals surface area contributed by atoms with Gasteiger partial charge in [0, 0.05) is 35.8 Å². The lowest BCUT2D eigenvalue weighted by molar-refractivity contribution is -0.141. The lowest BCUT2D eigenvalue weighted by Gasteiger charge is -2.42. The number of amides is 2. The van der Waals surface area contributed by atoms with Crippen molar-refractivity contribution in [3.05, 3.63) is 35.0 Å². The summed E-state index contributed by atoms with van der Waals surface area (Å²) in [5.74, 6) is 1.11. The van der Waals surface area contributed by atoms with Gasteiger partial charge in [-0.15, -0.1) is 11.3 Å². The summed E-state index contributed by atoms with van der Waals surface area (Å²) >= 11 is 1.60. The number of nitrogens with one attached hydrogen (secondary N) is 2. The van der Waals surface area contributed by atoms with Gasteiger partial charge in [0.05, 0.1) is 0 Å². The van der Waals surface area contributed by atoms with Crippen LogP contribution in [0.4, 0.5) is 15.7 Å². The monoisotopic (exact) mass is 499 g/mol. The summed E-state index contributed by atoms with van der Waals surface area (Å²) in [5, 5.41) is 7.11. The molecule has 2 aromatic rings. The number of piperidine rings is 1. The molecule has 4 rings (SSSR count). The maximum absolute atomic E-state index is 13.7. The van der Waals surface area contributed by atoms with E-state index in [4.69, 9.17) is 9.72 Å². The highest BCUT2D eigenvalue weighted by atomic mass is 32.1.